The summed E-state index contributed by atoms with van der Waals surface area (Å²) >= 11 is 0. The fourth-order valence-corrected chi connectivity index (χ4v) is 4.73. The molecular formula is C29H30FN5O2. The number of carbonyl (C=O) groups excluding carboxylic acids is 2. The molecule has 0 atom stereocenters. The molecule has 2 heterocycles. The summed E-state index contributed by atoms with van der Waals surface area (Å²) in [6.45, 7) is 1.96. The predicted octanol–water partition coefficient (Wildman–Crippen LogP) is 5.00. The van der Waals surface area contributed by atoms with E-state index in [9.17, 15) is 14.0 Å². The van der Waals surface area contributed by atoms with Gasteiger partial charge < -0.3 is 20.9 Å². The van der Waals surface area contributed by atoms with Crippen LogP contribution >= 0.6 is 0 Å². The number of halogens is 1. The van der Waals surface area contributed by atoms with E-state index in [0.29, 0.717) is 22.5 Å². The Labute approximate surface area is 216 Å². The molecule has 0 aliphatic carbocycles. The van der Waals surface area contributed by atoms with Crippen LogP contribution in [0, 0.1) is 5.82 Å². The summed E-state index contributed by atoms with van der Waals surface area (Å²) < 4.78 is 13.8. The fraction of sp³-hybridized carbons (Fsp3) is 0.241. The average molecular weight is 500 g/mol. The third-order valence-corrected chi connectivity index (χ3v) is 6.91. The van der Waals surface area contributed by atoms with E-state index >= 15 is 0 Å². The number of carbonyl (C=O) groups is 2. The first-order valence-corrected chi connectivity index (χ1v) is 12.4. The molecule has 3 N–H and O–H groups in total. The van der Waals surface area contributed by atoms with Gasteiger partial charge in [-0.05, 0) is 81.0 Å². The number of urea groups is 1. The van der Waals surface area contributed by atoms with Crippen molar-refractivity contribution in [2.45, 2.75) is 18.9 Å². The smallest absolute Gasteiger partial charge is 0.321 e. The molecule has 0 spiro atoms. The highest BCUT2D eigenvalue weighted by atomic mass is 19.1. The molecule has 1 saturated heterocycles. The number of likely N-dealkylation sites (tertiary alicyclic amines) is 1. The van der Waals surface area contributed by atoms with Crippen molar-refractivity contribution >= 4 is 40.3 Å². The summed E-state index contributed by atoms with van der Waals surface area (Å²) in [7, 11) is 3.85. The molecule has 0 unspecified atom stereocenters. The van der Waals surface area contributed by atoms with Crippen molar-refractivity contribution in [3.8, 4) is 0 Å². The van der Waals surface area contributed by atoms with E-state index in [-0.39, 0.29) is 18.0 Å². The molecule has 2 aliphatic heterocycles. The van der Waals surface area contributed by atoms with Gasteiger partial charge >= 0.3 is 6.03 Å². The molecule has 3 aromatic rings. The Morgan fingerprint density at radius 1 is 1.03 bits per heavy atom. The van der Waals surface area contributed by atoms with E-state index in [1.807, 2.05) is 54.6 Å². The molecule has 0 aromatic heterocycles. The van der Waals surface area contributed by atoms with Crippen LogP contribution < -0.4 is 20.9 Å². The number of nitrogens with one attached hydrogen (secondary N) is 3. The number of hydrogen-bond acceptors (Lipinski definition) is 4. The predicted molar refractivity (Wildman–Crippen MR) is 146 cm³/mol. The third kappa shape index (κ3) is 5.34. The normalized spacial score (nSPS) is 17.1. The summed E-state index contributed by atoms with van der Waals surface area (Å²) in [5.74, 6) is -0.706. The highest BCUT2D eigenvalue weighted by Gasteiger charge is 2.29. The van der Waals surface area contributed by atoms with Gasteiger partial charge in [-0.25, -0.2) is 9.18 Å². The number of piperidine rings is 1. The van der Waals surface area contributed by atoms with Crippen LogP contribution in [0.4, 0.5) is 26.2 Å². The molecule has 1 fully saturated rings. The number of amides is 3. The van der Waals surface area contributed by atoms with Gasteiger partial charge in [0.05, 0.1) is 17.0 Å². The zero-order valence-corrected chi connectivity index (χ0v) is 20.9. The standard InChI is InChI=1S/C29H30FN5O2/c1-34-16-14-22(15-17-34)32-29(37)35(2)23-11-9-21(10-12-23)31-27(19-6-4-3-5-7-19)26-24-13-8-20(30)18-25(24)33-28(26)36/h3-13,18,22,31H,14-17H2,1-2H3,(H,32,37)(H,33,36)/b27-26-. The molecule has 0 radical (unpaired) electrons. The summed E-state index contributed by atoms with van der Waals surface area (Å²) in [4.78, 5) is 29.6. The largest absolute Gasteiger partial charge is 0.354 e. The molecule has 0 saturated carbocycles. The first-order chi connectivity index (χ1) is 17.9. The topological polar surface area (TPSA) is 76.7 Å². The summed E-state index contributed by atoms with van der Waals surface area (Å²) in [5, 5.41) is 9.28. The minimum absolute atomic E-state index is 0.131. The second-order valence-electron chi connectivity index (χ2n) is 9.52. The zero-order valence-electron chi connectivity index (χ0n) is 20.9. The van der Waals surface area contributed by atoms with Crippen LogP contribution in [0.15, 0.2) is 72.8 Å². The van der Waals surface area contributed by atoms with E-state index < -0.39 is 5.82 Å². The van der Waals surface area contributed by atoms with Gasteiger partial charge in [0.15, 0.2) is 0 Å². The number of benzene rings is 3. The maximum atomic E-state index is 13.8. The first kappa shape index (κ1) is 24.5. The summed E-state index contributed by atoms with van der Waals surface area (Å²) in [6, 6.07) is 21.3. The van der Waals surface area contributed by atoms with Crippen LogP contribution in [0.1, 0.15) is 24.0 Å². The lowest BCUT2D eigenvalue weighted by molar-refractivity contribution is -0.110. The Balaban J connectivity index is 1.38. The lowest BCUT2D eigenvalue weighted by Gasteiger charge is -2.31. The van der Waals surface area contributed by atoms with Gasteiger partial charge in [-0.3, -0.25) is 9.69 Å². The Morgan fingerprint density at radius 2 is 1.73 bits per heavy atom. The molecular weight excluding hydrogens is 469 g/mol. The van der Waals surface area contributed by atoms with Crippen LogP contribution in [0.5, 0.6) is 0 Å². The van der Waals surface area contributed by atoms with Gasteiger partial charge in [-0.15, -0.1) is 0 Å². The first-order valence-electron chi connectivity index (χ1n) is 12.4. The highest BCUT2D eigenvalue weighted by Crippen LogP contribution is 2.38. The van der Waals surface area contributed by atoms with Crippen molar-refractivity contribution in [1.82, 2.24) is 10.2 Å². The number of nitrogens with zero attached hydrogens (tertiary/aromatic N) is 2. The lowest BCUT2D eigenvalue weighted by atomic mass is 10.00. The minimum atomic E-state index is -0.408. The quantitative estimate of drug-likeness (QED) is 0.432. The molecule has 8 heteroatoms. The van der Waals surface area contributed by atoms with Gasteiger partial charge in [0, 0.05) is 30.0 Å². The Bertz CT molecular complexity index is 1330. The van der Waals surface area contributed by atoms with Gasteiger partial charge in [-0.2, -0.15) is 0 Å². The second-order valence-corrected chi connectivity index (χ2v) is 9.52. The number of anilines is 3. The Hall–Kier alpha value is -4.17. The van der Waals surface area contributed by atoms with Crippen LogP contribution in [0.25, 0.3) is 11.3 Å². The van der Waals surface area contributed by atoms with Gasteiger partial charge in [-0.1, -0.05) is 30.3 Å². The molecule has 3 amide bonds. The van der Waals surface area contributed by atoms with Crippen molar-refractivity contribution < 1.29 is 14.0 Å². The highest BCUT2D eigenvalue weighted by molar-refractivity contribution is 6.37. The van der Waals surface area contributed by atoms with Crippen molar-refractivity contribution in [1.29, 1.82) is 0 Å². The van der Waals surface area contributed by atoms with Crippen molar-refractivity contribution in [3.63, 3.8) is 0 Å². The van der Waals surface area contributed by atoms with Gasteiger partial charge in [0.1, 0.15) is 5.82 Å². The van der Waals surface area contributed by atoms with E-state index in [0.717, 1.165) is 42.9 Å². The fourth-order valence-electron chi connectivity index (χ4n) is 4.73. The van der Waals surface area contributed by atoms with Crippen LogP contribution in [-0.2, 0) is 4.79 Å². The van der Waals surface area contributed by atoms with Crippen LogP contribution in [-0.4, -0.2) is 50.1 Å². The monoisotopic (exact) mass is 499 g/mol. The van der Waals surface area contributed by atoms with Gasteiger partial charge in [0.25, 0.3) is 5.91 Å². The SMILES string of the molecule is CN1CCC(NC(=O)N(C)c2ccc(N/C(=C3\C(=O)Nc4cc(F)ccc43)c3ccccc3)cc2)CC1. The zero-order chi connectivity index (χ0) is 25.9. The van der Waals surface area contributed by atoms with Crippen molar-refractivity contribution in [3.05, 3.63) is 89.7 Å². The molecule has 3 aromatic carbocycles. The summed E-state index contributed by atoms with van der Waals surface area (Å²) in [6.07, 6.45) is 1.89. The van der Waals surface area contributed by atoms with E-state index in [1.165, 1.54) is 12.1 Å². The number of hydrogen-bond donors (Lipinski definition) is 3. The Morgan fingerprint density at radius 3 is 2.43 bits per heavy atom. The summed E-state index contributed by atoms with van der Waals surface area (Å²) in [5.41, 5.74) is 4.47. The Kier molecular flexibility index (Phi) is 6.92. The number of rotatable bonds is 5. The van der Waals surface area contributed by atoms with Crippen molar-refractivity contribution in [2.75, 3.05) is 42.7 Å². The van der Waals surface area contributed by atoms with E-state index in [2.05, 4.69) is 27.9 Å². The van der Waals surface area contributed by atoms with Crippen molar-refractivity contribution in [2.24, 2.45) is 0 Å². The third-order valence-electron chi connectivity index (χ3n) is 6.91. The second kappa shape index (κ2) is 10.4. The number of fused-ring (bicyclic) bond motifs is 1. The molecule has 0 bridgehead atoms. The van der Waals surface area contributed by atoms with Gasteiger partial charge in [0.2, 0.25) is 0 Å². The maximum absolute atomic E-state index is 13.8. The average Bonchev–Trinajstić information content (AvgIpc) is 3.23. The minimum Gasteiger partial charge on any atom is -0.354 e. The maximum Gasteiger partial charge on any atom is 0.321 e. The molecule has 2 aliphatic rings. The molecule has 7 nitrogen and oxygen atoms in total. The lowest BCUT2D eigenvalue weighted by Crippen LogP contribution is -2.47. The van der Waals surface area contributed by atoms with Crippen LogP contribution in [0.3, 0.4) is 0 Å². The van der Waals surface area contributed by atoms with Crippen LogP contribution in [0.2, 0.25) is 0 Å². The molecule has 37 heavy (non-hydrogen) atoms. The van der Waals surface area contributed by atoms with E-state index in [1.54, 1.807) is 18.0 Å². The van der Waals surface area contributed by atoms with E-state index in [4.69, 9.17) is 0 Å². The molecule has 190 valence electrons. The molecule has 5 rings (SSSR count).